The molecule has 1 aromatic heterocycles. The topological polar surface area (TPSA) is 80.6 Å². The van der Waals surface area contributed by atoms with Crippen LogP contribution in [0.1, 0.15) is 55.3 Å². The molecule has 0 spiro atoms. The molecule has 6 heteroatoms. The number of rotatable bonds is 5. The molecule has 39 heavy (non-hydrogen) atoms. The van der Waals surface area contributed by atoms with Gasteiger partial charge in [-0.25, -0.2) is 0 Å². The lowest BCUT2D eigenvalue weighted by molar-refractivity contribution is -0.116. The Kier molecular flexibility index (Phi) is 6.47. The third-order valence-corrected chi connectivity index (χ3v) is 7.51. The van der Waals surface area contributed by atoms with Crippen LogP contribution in [0.15, 0.2) is 93.5 Å². The number of anilines is 2. The Morgan fingerprint density at radius 2 is 1.74 bits per heavy atom. The van der Waals surface area contributed by atoms with Crippen molar-refractivity contribution in [1.29, 1.82) is 0 Å². The second-order valence-electron chi connectivity index (χ2n) is 11.0. The number of fused-ring (bicyclic) bond motifs is 2. The van der Waals surface area contributed by atoms with E-state index in [9.17, 15) is 9.59 Å². The number of Topliss-reactive ketones (excluding diaryl/α,β-unsaturated/α-hetero) is 1. The normalized spacial score (nSPS) is 18.7. The third kappa shape index (κ3) is 4.83. The maximum atomic E-state index is 13.9. The fraction of sp³-hybridized carbons (Fsp3) is 0.273. The van der Waals surface area contributed by atoms with Gasteiger partial charge in [-0.15, -0.1) is 0 Å². The molecule has 0 amide bonds. The molecule has 2 heterocycles. The first-order chi connectivity index (χ1) is 18.9. The van der Waals surface area contributed by atoms with Gasteiger partial charge in [0.2, 0.25) is 0 Å². The second kappa shape index (κ2) is 10.1. The first kappa shape index (κ1) is 25.0. The van der Waals surface area contributed by atoms with Crippen molar-refractivity contribution in [1.82, 2.24) is 0 Å². The number of para-hydroxylation sites is 2. The minimum atomic E-state index is -0.627. The van der Waals surface area contributed by atoms with E-state index < -0.39 is 6.04 Å². The number of allylic oxidation sites excluding steroid dienone is 1. The van der Waals surface area contributed by atoms with Crippen LogP contribution in [-0.2, 0) is 4.79 Å². The van der Waals surface area contributed by atoms with Gasteiger partial charge in [0.05, 0.1) is 35.0 Å². The molecule has 0 bridgehead atoms. The van der Waals surface area contributed by atoms with E-state index in [-0.39, 0.29) is 17.1 Å². The Labute approximate surface area is 227 Å². The summed E-state index contributed by atoms with van der Waals surface area (Å²) in [6.45, 7) is 6.86. The van der Waals surface area contributed by atoms with Crippen LogP contribution in [0.25, 0.3) is 11.0 Å². The number of hydrogen-bond acceptors (Lipinski definition) is 6. The fourth-order valence-electron chi connectivity index (χ4n) is 5.52. The van der Waals surface area contributed by atoms with E-state index in [1.54, 1.807) is 0 Å². The molecule has 6 nitrogen and oxygen atoms in total. The summed E-state index contributed by atoms with van der Waals surface area (Å²) in [7, 11) is 0. The second-order valence-corrected chi connectivity index (χ2v) is 11.0. The van der Waals surface area contributed by atoms with Crippen LogP contribution in [0.4, 0.5) is 11.4 Å². The Hall–Kier alpha value is -4.32. The standard InChI is InChI=1S/C33H32N2O4/c1-19(2)17-38-23-11-9-21(10-12-23)22-15-28-31(29(36)16-22)32(35-27-7-5-4-6-26(27)34-28)25-18-39-30-13-8-20(3)14-24(30)33(25)37/h4-14,18-19,22,32,34-35H,15-17H2,1-3H3. The van der Waals surface area contributed by atoms with Crippen molar-refractivity contribution in [2.75, 3.05) is 17.2 Å². The van der Waals surface area contributed by atoms with Gasteiger partial charge in [0.1, 0.15) is 17.6 Å². The molecule has 1 aliphatic carbocycles. The molecule has 2 N–H and O–H groups in total. The van der Waals surface area contributed by atoms with Crippen LogP contribution in [-0.4, -0.2) is 12.4 Å². The van der Waals surface area contributed by atoms with E-state index in [2.05, 4.69) is 36.6 Å². The van der Waals surface area contributed by atoms with Gasteiger partial charge >= 0.3 is 0 Å². The number of carbonyl (C=O) groups excluding carboxylic acids is 1. The van der Waals surface area contributed by atoms with Crippen molar-refractivity contribution in [2.45, 2.75) is 45.6 Å². The molecule has 4 aromatic rings. The highest BCUT2D eigenvalue weighted by molar-refractivity contribution is 6.01. The van der Waals surface area contributed by atoms with Crippen molar-refractivity contribution in [3.63, 3.8) is 0 Å². The monoisotopic (exact) mass is 520 g/mol. The zero-order valence-corrected chi connectivity index (χ0v) is 22.4. The van der Waals surface area contributed by atoms with Crippen molar-refractivity contribution >= 4 is 28.1 Å². The molecule has 2 unspecified atom stereocenters. The zero-order valence-electron chi connectivity index (χ0n) is 22.4. The number of nitrogens with one attached hydrogen (secondary N) is 2. The predicted molar refractivity (Wildman–Crippen MR) is 154 cm³/mol. The van der Waals surface area contributed by atoms with E-state index in [0.717, 1.165) is 33.9 Å². The van der Waals surface area contributed by atoms with Gasteiger partial charge in [-0.1, -0.05) is 49.7 Å². The molecular formula is C33H32N2O4. The van der Waals surface area contributed by atoms with Crippen molar-refractivity contribution < 1.29 is 13.9 Å². The van der Waals surface area contributed by atoms with Crippen molar-refractivity contribution in [3.05, 3.63) is 111 Å². The average Bonchev–Trinajstić information content (AvgIpc) is 3.09. The lowest BCUT2D eigenvalue weighted by Crippen LogP contribution is -2.29. The Balaban J connectivity index is 1.40. The summed E-state index contributed by atoms with van der Waals surface area (Å²) in [4.78, 5) is 27.6. The Morgan fingerprint density at radius 3 is 2.51 bits per heavy atom. The van der Waals surface area contributed by atoms with E-state index in [0.29, 0.717) is 47.5 Å². The molecular weight excluding hydrogens is 488 g/mol. The first-order valence-corrected chi connectivity index (χ1v) is 13.5. The van der Waals surface area contributed by atoms with Gasteiger partial charge in [0.15, 0.2) is 11.2 Å². The molecule has 0 saturated heterocycles. The smallest absolute Gasteiger partial charge is 0.198 e. The summed E-state index contributed by atoms with van der Waals surface area (Å²) in [5.41, 5.74) is 6.04. The zero-order chi connectivity index (χ0) is 27.1. The number of ether oxygens (including phenoxy) is 1. The van der Waals surface area contributed by atoms with E-state index in [1.165, 1.54) is 6.26 Å². The minimum absolute atomic E-state index is 0.0166. The summed E-state index contributed by atoms with van der Waals surface area (Å²) >= 11 is 0. The summed E-state index contributed by atoms with van der Waals surface area (Å²) in [6.07, 6.45) is 2.52. The minimum Gasteiger partial charge on any atom is -0.493 e. The predicted octanol–water partition coefficient (Wildman–Crippen LogP) is 7.12. The first-order valence-electron chi connectivity index (χ1n) is 13.5. The Morgan fingerprint density at radius 1 is 0.974 bits per heavy atom. The van der Waals surface area contributed by atoms with Gasteiger partial charge in [-0.2, -0.15) is 0 Å². The summed E-state index contributed by atoms with van der Waals surface area (Å²) in [5, 5.41) is 7.55. The summed E-state index contributed by atoms with van der Waals surface area (Å²) in [6, 6.07) is 20.9. The van der Waals surface area contributed by atoms with Crippen LogP contribution in [0.2, 0.25) is 0 Å². The van der Waals surface area contributed by atoms with Crippen molar-refractivity contribution in [2.24, 2.45) is 5.92 Å². The van der Waals surface area contributed by atoms with Crippen LogP contribution < -0.4 is 20.8 Å². The molecule has 0 radical (unpaired) electrons. The lowest BCUT2D eigenvalue weighted by atomic mass is 9.78. The molecule has 3 aromatic carbocycles. The van der Waals surface area contributed by atoms with Gasteiger partial charge in [-0.3, -0.25) is 9.59 Å². The molecule has 198 valence electrons. The van der Waals surface area contributed by atoms with E-state index in [4.69, 9.17) is 9.15 Å². The fourth-order valence-corrected chi connectivity index (χ4v) is 5.52. The van der Waals surface area contributed by atoms with Gasteiger partial charge in [0.25, 0.3) is 0 Å². The van der Waals surface area contributed by atoms with E-state index in [1.807, 2.05) is 61.5 Å². The largest absolute Gasteiger partial charge is 0.493 e. The Bertz CT molecular complexity index is 1650. The third-order valence-electron chi connectivity index (χ3n) is 7.51. The molecule has 1 aliphatic heterocycles. The quantitative estimate of drug-likeness (QED) is 0.292. The molecule has 6 rings (SSSR count). The molecule has 0 fully saturated rings. The maximum absolute atomic E-state index is 13.9. The highest BCUT2D eigenvalue weighted by Crippen LogP contribution is 2.44. The van der Waals surface area contributed by atoms with Gasteiger partial charge in [0, 0.05) is 17.7 Å². The van der Waals surface area contributed by atoms with E-state index >= 15 is 0 Å². The van der Waals surface area contributed by atoms with Crippen LogP contribution >= 0.6 is 0 Å². The van der Waals surface area contributed by atoms with Crippen molar-refractivity contribution in [3.8, 4) is 5.75 Å². The maximum Gasteiger partial charge on any atom is 0.198 e. The number of benzene rings is 3. The number of hydrogen-bond donors (Lipinski definition) is 2. The molecule has 2 atom stereocenters. The van der Waals surface area contributed by atoms with Gasteiger partial charge in [-0.05, 0) is 67.1 Å². The van der Waals surface area contributed by atoms with Crippen LogP contribution in [0.5, 0.6) is 5.75 Å². The lowest BCUT2D eigenvalue weighted by Gasteiger charge is -2.29. The SMILES string of the molecule is Cc1ccc2occ(C3Nc4ccccc4NC4=C3C(=O)CC(c3ccc(OCC(C)C)cc3)C4)c(=O)c2c1. The number of aryl methyl sites for hydroxylation is 1. The summed E-state index contributed by atoms with van der Waals surface area (Å²) in [5.74, 6) is 1.32. The highest BCUT2D eigenvalue weighted by atomic mass is 16.5. The summed E-state index contributed by atoms with van der Waals surface area (Å²) < 4.78 is 11.8. The molecule has 0 saturated carbocycles. The highest BCUT2D eigenvalue weighted by Gasteiger charge is 2.37. The average molecular weight is 521 g/mol. The van der Waals surface area contributed by atoms with Crippen LogP contribution in [0.3, 0.4) is 0 Å². The van der Waals surface area contributed by atoms with Crippen LogP contribution in [0, 0.1) is 12.8 Å². The molecule has 2 aliphatic rings. The number of carbonyl (C=O) groups is 1. The number of ketones is 1. The van der Waals surface area contributed by atoms with Gasteiger partial charge < -0.3 is 19.8 Å².